The Morgan fingerprint density at radius 2 is 2.15 bits per heavy atom. The third kappa shape index (κ3) is 2.61. The molecule has 2 N–H and O–H groups in total. The molecule has 6 nitrogen and oxygen atoms in total. The van der Waals surface area contributed by atoms with Gasteiger partial charge in [0.05, 0.1) is 11.8 Å². The number of nitrogens with two attached hydrogens (primary N) is 1. The molecule has 0 unspecified atom stereocenters. The van der Waals surface area contributed by atoms with Gasteiger partial charge in [-0.1, -0.05) is 5.16 Å². The average molecular weight is 294 g/mol. The molecule has 2 aromatic heterocycles. The molecule has 0 aliphatic carbocycles. The fourth-order valence-corrected chi connectivity index (χ4v) is 3.20. The molecule has 0 aromatic carbocycles. The van der Waals surface area contributed by atoms with Gasteiger partial charge < -0.3 is 15.0 Å². The Balaban J connectivity index is 1.78. The molecule has 0 saturated carbocycles. The fourth-order valence-electron chi connectivity index (χ4n) is 2.43. The highest BCUT2D eigenvalue weighted by molar-refractivity contribution is 7.09. The number of aromatic nitrogens is 3. The van der Waals surface area contributed by atoms with Gasteiger partial charge in [-0.15, -0.1) is 11.3 Å². The van der Waals surface area contributed by atoms with Crippen LogP contribution in [0.1, 0.15) is 35.3 Å². The highest BCUT2D eigenvalue weighted by Gasteiger charge is 2.38. The smallest absolute Gasteiger partial charge is 0.234 e. The first-order chi connectivity index (χ1) is 9.72. The molecule has 0 spiro atoms. The average Bonchev–Trinajstić information content (AvgIpc) is 3.10. The van der Waals surface area contributed by atoms with Crippen molar-refractivity contribution < 1.29 is 9.26 Å². The summed E-state index contributed by atoms with van der Waals surface area (Å²) < 4.78 is 10.9. The Labute approximate surface area is 121 Å². The van der Waals surface area contributed by atoms with Crippen molar-refractivity contribution in [2.75, 3.05) is 19.8 Å². The lowest BCUT2D eigenvalue weighted by Gasteiger charge is -2.32. The van der Waals surface area contributed by atoms with Gasteiger partial charge in [-0.05, 0) is 19.8 Å². The van der Waals surface area contributed by atoms with E-state index in [-0.39, 0.29) is 5.41 Å². The van der Waals surface area contributed by atoms with Crippen LogP contribution in [0, 0.1) is 6.92 Å². The van der Waals surface area contributed by atoms with Crippen LogP contribution in [-0.2, 0) is 16.6 Å². The highest BCUT2D eigenvalue weighted by atomic mass is 32.1. The molecule has 0 bridgehead atoms. The molecule has 0 atom stereocenters. The Morgan fingerprint density at radius 1 is 1.35 bits per heavy atom. The van der Waals surface area contributed by atoms with E-state index < -0.39 is 0 Å². The van der Waals surface area contributed by atoms with E-state index >= 15 is 0 Å². The highest BCUT2D eigenvalue weighted by Crippen LogP contribution is 2.32. The molecular formula is C13H18N4O2S. The summed E-state index contributed by atoms with van der Waals surface area (Å²) in [5.41, 5.74) is 6.75. The zero-order valence-electron chi connectivity index (χ0n) is 11.5. The first-order valence-electron chi connectivity index (χ1n) is 6.74. The molecule has 1 fully saturated rings. The van der Waals surface area contributed by atoms with Gasteiger partial charge in [-0.25, -0.2) is 4.98 Å². The Morgan fingerprint density at radius 3 is 2.80 bits per heavy atom. The van der Waals surface area contributed by atoms with Gasteiger partial charge in [-0.3, -0.25) is 0 Å². The van der Waals surface area contributed by atoms with E-state index in [9.17, 15) is 0 Å². The maximum Gasteiger partial charge on any atom is 0.234 e. The molecule has 7 heteroatoms. The molecule has 1 aliphatic heterocycles. The van der Waals surface area contributed by atoms with E-state index in [1.54, 1.807) is 11.3 Å². The number of hydrogen-bond donors (Lipinski definition) is 1. The van der Waals surface area contributed by atoms with Crippen LogP contribution in [0.5, 0.6) is 0 Å². The van der Waals surface area contributed by atoms with Crippen LogP contribution in [-0.4, -0.2) is 34.9 Å². The van der Waals surface area contributed by atoms with Crippen molar-refractivity contribution >= 4 is 11.3 Å². The predicted molar refractivity (Wildman–Crippen MR) is 74.7 cm³/mol. The topological polar surface area (TPSA) is 87.1 Å². The quantitative estimate of drug-likeness (QED) is 0.918. The molecule has 108 valence electrons. The SMILES string of the molecule is Cc1csc(Cc2noc(C3(CN)CCOCC3)n2)n1. The normalized spacial score (nSPS) is 18.3. The largest absolute Gasteiger partial charge is 0.381 e. The molecule has 20 heavy (non-hydrogen) atoms. The predicted octanol–water partition coefficient (Wildman–Crippen LogP) is 1.43. The molecule has 3 rings (SSSR count). The lowest BCUT2D eigenvalue weighted by molar-refractivity contribution is 0.0409. The molecule has 1 aliphatic rings. The lowest BCUT2D eigenvalue weighted by atomic mass is 9.80. The standard InChI is InChI=1S/C13H18N4O2S/c1-9-7-20-11(15-9)6-10-16-12(19-17-10)13(8-14)2-4-18-5-3-13/h7H,2-6,8,14H2,1H3. The number of hydrogen-bond acceptors (Lipinski definition) is 7. The summed E-state index contributed by atoms with van der Waals surface area (Å²) in [5, 5.41) is 7.10. The summed E-state index contributed by atoms with van der Waals surface area (Å²) in [6, 6.07) is 0. The van der Waals surface area contributed by atoms with Gasteiger partial charge in [0, 0.05) is 30.8 Å². The minimum atomic E-state index is -0.220. The second-order valence-electron chi connectivity index (χ2n) is 5.17. The van der Waals surface area contributed by atoms with Crippen molar-refractivity contribution in [3.05, 3.63) is 27.8 Å². The lowest BCUT2D eigenvalue weighted by Crippen LogP contribution is -2.40. The maximum atomic E-state index is 5.94. The van der Waals surface area contributed by atoms with E-state index in [0.29, 0.717) is 37.9 Å². The molecular weight excluding hydrogens is 276 g/mol. The molecule has 3 heterocycles. The van der Waals surface area contributed by atoms with Crippen molar-refractivity contribution in [1.29, 1.82) is 0 Å². The van der Waals surface area contributed by atoms with Crippen LogP contribution in [0.15, 0.2) is 9.90 Å². The molecule has 1 saturated heterocycles. The minimum absolute atomic E-state index is 0.220. The van der Waals surface area contributed by atoms with Gasteiger partial charge in [-0.2, -0.15) is 4.98 Å². The minimum Gasteiger partial charge on any atom is -0.381 e. The molecule has 0 radical (unpaired) electrons. The van der Waals surface area contributed by atoms with Gasteiger partial charge >= 0.3 is 0 Å². The fraction of sp³-hybridized carbons (Fsp3) is 0.615. The van der Waals surface area contributed by atoms with Crippen molar-refractivity contribution in [3.8, 4) is 0 Å². The summed E-state index contributed by atoms with van der Waals surface area (Å²) in [6.07, 6.45) is 2.28. The Bertz CT molecular complexity index is 574. The zero-order chi connectivity index (χ0) is 14.0. The second kappa shape index (κ2) is 5.59. The number of aryl methyl sites for hydroxylation is 1. The zero-order valence-corrected chi connectivity index (χ0v) is 12.3. The first-order valence-corrected chi connectivity index (χ1v) is 7.62. The van der Waals surface area contributed by atoms with Gasteiger partial charge in [0.1, 0.15) is 5.01 Å². The number of nitrogens with zero attached hydrogens (tertiary/aromatic N) is 3. The summed E-state index contributed by atoms with van der Waals surface area (Å²) in [7, 11) is 0. The van der Waals surface area contributed by atoms with Crippen LogP contribution >= 0.6 is 11.3 Å². The Hall–Kier alpha value is -1.31. The van der Waals surface area contributed by atoms with Crippen LogP contribution in [0.25, 0.3) is 0 Å². The van der Waals surface area contributed by atoms with Crippen LogP contribution in [0.2, 0.25) is 0 Å². The molecule has 0 amide bonds. The maximum absolute atomic E-state index is 5.94. The summed E-state index contributed by atoms with van der Waals surface area (Å²) in [4.78, 5) is 8.95. The van der Waals surface area contributed by atoms with Crippen LogP contribution in [0.3, 0.4) is 0 Å². The third-order valence-corrected chi connectivity index (χ3v) is 4.70. The number of thiazole rings is 1. The van der Waals surface area contributed by atoms with E-state index in [4.69, 9.17) is 15.0 Å². The third-order valence-electron chi connectivity index (χ3n) is 3.74. The van der Waals surface area contributed by atoms with Crippen molar-refractivity contribution in [1.82, 2.24) is 15.1 Å². The molecule has 2 aromatic rings. The van der Waals surface area contributed by atoms with Crippen molar-refractivity contribution in [2.24, 2.45) is 5.73 Å². The van der Waals surface area contributed by atoms with Crippen LogP contribution < -0.4 is 5.73 Å². The van der Waals surface area contributed by atoms with Gasteiger partial charge in [0.2, 0.25) is 5.89 Å². The summed E-state index contributed by atoms with van der Waals surface area (Å²) >= 11 is 1.62. The number of rotatable bonds is 4. The van der Waals surface area contributed by atoms with Crippen molar-refractivity contribution in [3.63, 3.8) is 0 Å². The second-order valence-corrected chi connectivity index (χ2v) is 6.11. The van der Waals surface area contributed by atoms with E-state index in [2.05, 4.69) is 15.1 Å². The first kappa shape index (κ1) is 13.7. The van der Waals surface area contributed by atoms with Crippen LogP contribution in [0.4, 0.5) is 0 Å². The summed E-state index contributed by atoms with van der Waals surface area (Å²) in [6.45, 7) is 3.88. The number of ether oxygens (including phenoxy) is 1. The Kier molecular flexibility index (Phi) is 3.82. The van der Waals surface area contributed by atoms with Gasteiger partial charge in [0.25, 0.3) is 0 Å². The monoisotopic (exact) mass is 294 g/mol. The van der Waals surface area contributed by atoms with Gasteiger partial charge in [0.15, 0.2) is 5.82 Å². The van der Waals surface area contributed by atoms with E-state index in [1.165, 1.54) is 0 Å². The van der Waals surface area contributed by atoms with E-state index in [1.807, 2.05) is 12.3 Å². The summed E-state index contributed by atoms with van der Waals surface area (Å²) in [5.74, 6) is 1.32. The van der Waals surface area contributed by atoms with Crippen molar-refractivity contribution in [2.45, 2.75) is 31.6 Å². The van der Waals surface area contributed by atoms with E-state index in [0.717, 1.165) is 23.5 Å².